The van der Waals surface area contributed by atoms with Gasteiger partial charge >= 0.3 is 0 Å². The van der Waals surface area contributed by atoms with Crippen LogP contribution in [0.1, 0.15) is 59.3 Å². The van der Waals surface area contributed by atoms with E-state index >= 15 is 0 Å². The van der Waals surface area contributed by atoms with Crippen molar-refractivity contribution < 1.29 is 4.79 Å². The van der Waals surface area contributed by atoms with E-state index in [4.69, 9.17) is 5.73 Å². The number of nitrogens with two attached hydrogens (primary N) is 1. The fourth-order valence-electron chi connectivity index (χ4n) is 2.83. The van der Waals surface area contributed by atoms with E-state index in [0.717, 1.165) is 32.4 Å². The Bertz CT molecular complexity index is 283. The Balaban J connectivity index is 2.37. The summed E-state index contributed by atoms with van der Waals surface area (Å²) in [5.74, 6) is -0.229. The highest BCUT2D eigenvalue weighted by atomic mass is 16.1. The Kier molecular flexibility index (Phi) is 6.80. The number of carbonyl (C=O) groups excluding carboxylic acids is 1. The van der Waals surface area contributed by atoms with Gasteiger partial charge in [0, 0.05) is 6.04 Å². The summed E-state index contributed by atoms with van der Waals surface area (Å²) in [5, 5.41) is 3.30. The minimum Gasteiger partial charge on any atom is -0.368 e. The van der Waals surface area contributed by atoms with Crippen LogP contribution < -0.4 is 11.1 Å². The second-order valence-corrected chi connectivity index (χ2v) is 6.11. The third kappa shape index (κ3) is 5.11. The topological polar surface area (TPSA) is 58.4 Å². The molecule has 1 aliphatic rings. The molecule has 0 saturated carbocycles. The van der Waals surface area contributed by atoms with E-state index in [1.807, 2.05) is 6.92 Å². The van der Waals surface area contributed by atoms with Crippen molar-refractivity contribution in [3.8, 4) is 0 Å². The third-order valence-electron chi connectivity index (χ3n) is 4.37. The van der Waals surface area contributed by atoms with Crippen molar-refractivity contribution in [2.45, 2.75) is 70.9 Å². The zero-order valence-electron chi connectivity index (χ0n) is 12.9. The van der Waals surface area contributed by atoms with Crippen molar-refractivity contribution in [3.05, 3.63) is 0 Å². The molecule has 0 spiro atoms. The number of nitrogens with one attached hydrogen (secondary N) is 1. The minimum absolute atomic E-state index is 0.229. The van der Waals surface area contributed by atoms with Crippen molar-refractivity contribution >= 4 is 5.91 Å². The fraction of sp³-hybridized carbons (Fsp3) is 0.933. The molecule has 0 aliphatic carbocycles. The van der Waals surface area contributed by atoms with Gasteiger partial charge in [-0.05, 0) is 65.6 Å². The second-order valence-electron chi connectivity index (χ2n) is 6.11. The lowest BCUT2D eigenvalue weighted by Gasteiger charge is -2.34. The van der Waals surface area contributed by atoms with Gasteiger partial charge in [0.2, 0.25) is 5.91 Å². The van der Waals surface area contributed by atoms with Crippen LogP contribution >= 0.6 is 0 Å². The van der Waals surface area contributed by atoms with Crippen molar-refractivity contribution in [1.82, 2.24) is 10.2 Å². The number of carbonyl (C=O) groups is 1. The highest BCUT2D eigenvalue weighted by Crippen LogP contribution is 2.19. The third-order valence-corrected chi connectivity index (χ3v) is 4.37. The number of likely N-dealkylation sites (tertiary alicyclic amines) is 1. The van der Waals surface area contributed by atoms with Crippen molar-refractivity contribution in [1.29, 1.82) is 0 Å². The van der Waals surface area contributed by atoms with Crippen molar-refractivity contribution in [3.63, 3.8) is 0 Å². The fourth-order valence-corrected chi connectivity index (χ4v) is 2.83. The molecule has 1 amide bonds. The highest BCUT2D eigenvalue weighted by Gasteiger charge is 2.30. The number of piperidine rings is 1. The number of primary amides is 1. The number of nitrogens with zero attached hydrogens (tertiary/aromatic N) is 1. The van der Waals surface area contributed by atoms with Crippen LogP contribution in [0.5, 0.6) is 0 Å². The lowest BCUT2D eigenvalue weighted by Crippen LogP contribution is -2.53. The standard InChI is InChI=1S/C15H31N3O/c1-4-10-17-15(3,14(16)19)9-7-12-18-11-6-5-8-13(18)2/h13,17H,4-12H2,1-3H3,(H2,16,19). The maximum Gasteiger partial charge on any atom is 0.237 e. The summed E-state index contributed by atoms with van der Waals surface area (Å²) in [4.78, 5) is 14.2. The Morgan fingerprint density at radius 2 is 2.21 bits per heavy atom. The molecule has 0 bridgehead atoms. The van der Waals surface area contributed by atoms with Crippen molar-refractivity contribution in [2.24, 2.45) is 5.73 Å². The predicted molar refractivity (Wildman–Crippen MR) is 80.0 cm³/mol. The van der Waals surface area contributed by atoms with Gasteiger partial charge in [0.05, 0.1) is 5.54 Å². The van der Waals surface area contributed by atoms with Crippen LogP contribution in [-0.2, 0) is 4.79 Å². The molecular weight excluding hydrogens is 238 g/mol. The normalized spacial score (nSPS) is 24.1. The molecule has 2 unspecified atom stereocenters. The average Bonchev–Trinajstić information content (AvgIpc) is 2.38. The predicted octanol–water partition coefficient (Wildman–Crippen LogP) is 1.88. The maximum absolute atomic E-state index is 11.6. The lowest BCUT2D eigenvalue weighted by molar-refractivity contribution is -0.124. The number of amides is 1. The van der Waals surface area contributed by atoms with Gasteiger partial charge in [-0.25, -0.2) is 0 Å². The van der Waals surface area contributed by atoms with Gasteiger partial charge in [-0.15, -0.1) is 0 Å². The SMILES string of the molecule is CCCNC(C)(CCCN1CCCCC1C)C(N)=O. The summed E-state index contributed by atoms with van der Waals surface area (Å²) >= 11 is 0. The molecule has 19 heavy (non-hydrogen) atoms. The molecule has 4 heteroatoms. The number of hydrogen-bond donors (Lipinski definition) is 2. The quantitative estimate of drug-likeness (QED) is 0.707. The van der Waals surface area contributed by atoms with Crippen molar-refractivity contribution in [2.75, 3.05) is 19.6 Å². The van der Waals surface area contributed by atoms with Crippen LogP contribution in [0.3, 0.4) is 0 Å². The van der Waals surface area contributed by atoms with E-state index in [0.29, 0.717) is 6.04 Å². The summed E-state index contributed by atoms with van der Waals surface area (Å²) in [6, 6.07) is 0.692. The van der Waals surface area contributed by atoms with Gasteiger partial charge in [0.25, 0.3) is 0 Å². The number of rotatable bonds is 8. The molecule has 0 radical (unpaired) electrons. The molecule has 2 atom stereocenters. The van der Waals surface area contributed by atoms with Gasteiger partial charge in [-0.2, -0.15) is 0 Å². The van der Waals surface area contributed by atoms with Crippen LogP contribution in [0.25, 0.3) is 0 Å². The molecule has 112 valence electrons. The van der Waals surface area contributed by atoms with Gasteiger partial charge in [0.1, 0.15) is 0 Å². The van der Waals surface area contributed by atoms with E-state index in [9.17, 15) is 4.79 Å². The van der Waals surface area contributed by atoms with E-state index in [2.05, 4.69) is 24.1 Å². The van der Waals surface area contributed by atoms with Crippen LogP contribution in [0.15, 0.2) is 0 Å². The Morgan fingerprint density at radius 1 is 1.47 bits per heavy atom. The first-order valence-corrected chi connectivity index (χ1v) is 7.78. The first-order chi connectivity index (χ1) is 8.99. The Morgan fingerprint density at radius 3 is 2.79 bits per heavy atom. The molecule has 1 saturated heterocycles. The molecule has 0 aromatic carbocycles. The van der Waals surface area contributed by atoms with Crippen LogP contribution in [-0.4, -0.2) is 42.0 Å². The summed E-state index contributed by atoms with van der Waals surface area (Å²) < 4.78 is 0. The van der Waals surface area contributed by atoms with E-state index in [1.54, 1.807) is 0 Å². The molecular formula is C15H31N3O. The summed E-state index contributed by atoms with van der Waals surface area (Å²) in [6.07, 6.45) is 6.85. The zero-order valence-corrected chi connectivity index (χ0v) is 12.9. The van der Waals surface area contributed by atoms with Gasteiger partial charge in [-0.3, -0.25) is 4.79 Å². The monoisotopic (exact) mass is 269 g/mol. The lowest BCUT2D eigenvalue weighted by atomic mass is 9.94. The van der Waals surface area contributed by atoms with Crippen LogP contribution in [0.4, 0.5) is 0 Å². The van der Waals surface area contributed by atoms with E-state index in [1.165, 1.54) is 25.8 Å². The van der Waals surface area contributed by atoms with Crippen LogP contribution in [0, 0.1) is 0 Å². The number of hydrogen-bond acceptors (Lipinski definition) is 3. The molecule has 4 nitrogen and oxygen atoms in total. The summed E-state index contributed by atoms with van der Waals surface area (Å²) in [6.45, 7) is 9.48. The highest BCUT2D eigenvalue weighted by molar-refractivity contribution is 5.84. The van der Waals surface area contributed by atoms with E-state index in [-0.39, 0.29) is 5.91 Å². The molecule has 1 rings (SSSR count). The molecule has 1 fully saturated rings. The van der Waals surface area contributed by atoms with Crippen LogP contribution in [0.2, 0.25) is 0 Å². The average molecular weight is 269 g/mol. The molecule has 3 N–H and O–H groups in total. The largest absolute Gasteiger partial charge is 0.368 e. The summed E-state index contributed by atoms with van der Waals surface area (Å²) in [5.41, 5.74) is 5.00. The maximum atomic E-state index is 11.6. The smallest absolute Gasteiger partial charge is 0.237 e. The summed E-state index contributed by atoms with van der Waals surface area (Å²) in [7, 11) is 0. The van der Waals surface area contributed by atoms with E-state index < -0.39 is 5.54 Å². The Labute approximate surface area is 118 Å². The zero-order chi connectivity index (χ0) is 14.3. The van der Waals surface area contributed by atoms with Gasteiger partial charge in [-0.1, -0.05) is 13.3 Å². The molecule has 1 aliphatic heterocycles. The molecule has 0 aromatic rings. The van der Waals surface area contributed by atoms with Gasteiger partial charge in [0.15, 0.2) is 0 Å². The minimum atomic E-state index is -0.547. The second kappa shape index (κ2) is 7.85. The molecule has 1 heterocycles. The first-order valence-electron chi connectivity index (χ1n) is 7.78. The first kappa shape index (κ1) is 16.4. The molecule has 0 aromatic heterocycles. The Hall–Kier alpha value is -0.610. The van der Waals surface area contributed by atoms with Gasteiger partial charge < -0.3 is 16.0 Å².